The van der Waals surface area contributed by atoms with Crippen molar-refractivity contribution in [3.05, 3.63) is 5.82 Å². The smallest absolute Gasteiger partial charge is 0.233 e. The minimum Gasteiger partial charge on any atom is -0.339 e. The molecular formula is C13H23N5OS. The topological polar surface area (TPSA) is 77.0 Å². The highest BCUT2D eigenvalue weighted by Crippen LogP contribution is 2.28. The zero-order valence-corrected chi connectivity index (χ0v) is 13.0. The van der Waals surface area contributed by atoms with Crippen molar-refractivity contribution in [3.63, 3.8) is 0 Å². The predicted octanol–water partition coefficient (Wildman–Crippen LogP) is 1.25. The fraction of sp³-hybridized carbons (Fsp3) is 0.769. The van der Waals surface area contributed by atoms with E-state index in [-0.39, 0.29) is 5.91 Å². The standard InChI is InChI=1S/C13H23N5OS/c1-3-7-18-11(8-14)15-16-13(18)20-9-12(19)17(4-2)10-5-6-10/h10H,3-9,14H2,1-2H3. The van der Waals surface area contributed by atoms with Crippen LogP contribution in [0.1, 0.15) is 38.9 Å². The number of aromatic nitrogens is 3. The van der Waals surface area contributed by atoms with Crippen LogP contribution in [-0.4, -0.2) is 43.9 Å². The van der Waals surface area contributed by atoms with Crippen molar-refractivity contribution >= 4 is 17.7 Å². The lowest BCUT2D eigenvalue weighted by Crippen LogP contribution is -2.34. The first kappa shape index (κ1) is 15.3. The highest BCUT2D eigenvalue weighted by atomic mass is 32.2. The van der Waals surface area contributed by atoms with Gasteiger partial charge in [0.2, 0.25) is 5.91 Å². The van der Waals surface area contributed by atoms with Crippen molar-refractivity contribution in [1.29, 1.82) is 0 Å². The number of carbonyl (C=O) groups is 1. The number of amides is 1. The number of carbonyl (C=O) groups excluding carboxylic acids is 1. The maximum Gasteiger partial charge on any atom is 0.233 e. The Labute approximate surface area is 124 Å². The zero-order valence-electron chi connectivity index (χ0n) is 12.2. The molecule has 1 aromatic rings. The lowest BCUT2D eigenvalue weighted by molar-refractivity contribution is -0.128. The van der Waals surface area contributed by atoms with Gasteiger partial charge in [0.15, 0.2) is 5.16 Å². The van der Waals surface area contributed by atoms with E-state index >= 15 is 0 Å². The Morgan fingerprint density at radius 1 is 1.45 bits per heavy atom. The van der Waals surface area contributed by atoms with Crippen LogP contribution in [-0.2, 0) is 17.9 Å². The van der Waals surface area contributed by atoms with E-state index in [4.69, 9.17) is 5.73 Å². The molecule has 0 aromatic carbocycles. The molecule has 0 atom stereocenters. The maximum atomic E-state index is 12.2. The second kappa shape index (κ2) is 7.08. The second-order valence-corrected chi connectivity index (χ2v) is 5.90. The molecule has 0 spiro atoms. The van der Waals surface area contributed by atoms with E-state index in [2.05, 4.69) is 17.1 Å². The van der Waals surface area contributed by atoms with Gasteiger partial charge in [-0.15, -0.1) is 10.2 Å². The van der Waals surface area contributed by atoms with Crippen LogP contribution in [0.4, 0.5) is 0 Å². The van der Waals surface area contributed by atoms with Crippen LogP contribution in [0.2, 0.25) is 0 Å². The highest BCUT2D eigenvalue weighted by Gasteiger charge is 2.31. The molecule has 0 bridgehead atoms. The van der Waals surface area contributed by atoms with E-state index in [0.717, 1.165) is 43.3 Å². The summed E-state index contributed by atoms with van der Waals surface area (Å²) in [5.74, 6) is 1.41. The van der Waals surface area contributed by atoms with Gasteiger partial charge < -0.3 is 15.2 Å². The molecule has 0 aliphatic heterocycles. The van der Waals surface area contributed by atoms with Crippen LogP contribution in [0, 0.1) is 0 Å². The Morgan fingerprint density at radius 3 is 2.75 bits per heavy atom. The third-order valence-electron chi connectivity index (χ3n) is 3.40. The van der Waals surface area contributed by atoms with Crippen LogP contribution in [0.3, 0.4) is 0 Å². The second-order valence-electron chi connectivity index (χ2n) is 4.95. The number of nitrogens with two attached hydrogens (primary N) is 1. The first-order valence-electron chi connectivity index (χ1n) is 7.25. The van der Waals surface area contributed by atoms with Crippen LogP contribution in [0.25, 0.3) is 0 Å². The van der Waals surface area contributed by atoms with Crippen LogP contribution in [0.15, 0.2) is 5.16 Å². The maximum absolute atomic E-state index is 12.2. The van der Waals surface area contributed by atoms with Crippen molar-refractivity contribution < 1.29 is 4.79 Å². The molecule has 2 rings (SSSR count). The van der Waals surface area contributed by atoms with E-state index < -0.39 is 0 Å². The van der Waals surface area contributed by atoms with Gasteiger partial charge in [0.1, 0.15) is 5.82 Å². The predicted molar refractivity (Wildman–Crippen MR) is 79.3 cm³/mol. The summed E-state index contributed by atoms with van der Waals surface area (Å²) in [5.41, 5.74) is 5.66. The van der Waals surface area contributed by atoms with Crippen LogP contribution < -0.4 is 5.73 Å². The Kier molecular flexibility index (Phi) is 5.42. The van der Waals surface area contributed by atoms with E-state index in [1.165, 1.54) is 11.8 Å². The van der Waals surface area contributed by atoms with Crippen LogP contribution in [0.5, 0.6) is 0 Å². The number of nitrogens with zero attached hydrogens (tertiary/aromatic N) is 4. The zero-order chi connectivity index (χ0) is 14.5. The lowest BCUT2D eigenvalue weighted by atomic mass is 10.4. The Hall–Kier alpha value is -1.08. The lowest BCUT2D eigenvalue weighted by Gasteiger charge is -2.19. The van der Waals surface area contributed by atoms with Crippen molar-refractivity contribution in [3.8, 4) is 0 Å². The SMILES string of the molecule is CCCn1c(CN)nnc1SCC(=O)N(CC)C1CC1. The van der Waals surface area contributed by atoms with Crippen molar-refractivity contribution in [2.75, 3.05) is 12.3 Å². The molecule has 1 aromatic heterocycles. The fourth-order valence-electron chi connectivity index (χ4n) is 2.26. The molecule has 1 aliphatic rings. The van der Waals surface area contributed by atoms with Gasteiger partial charge in [-0.2, -0.15) is 0 Å². The first-order valence-corrected chi connectivity index (χ1v) is 8.24. The Morgan fingerprint density at radius 2 is 2.20 bits per heavy atom. The summed E-state index contributed by atoms with van der Waals surface area (Å²) in [5, 5.41) is 9.03. The molecule has 20 heavy (non-hydrogen) atoms. The summed E-state index contributed by atoms with van der Waals surface area (Å²) in [4.78, 5) is 14.2. The largest absolute Gasteiger partial charge is 0.339 e. The third-order valence-corrected chi connectivity index (χ3v) is 4.35. The summed E-state index contributed by atoms with van der Waals surface area (Å²) >= 11 is 1.46. The summed E-state index contributed by atoms with van der Waals surface area (Å²) in [6.07, 6.45) is 3.29. The number of hydrogen-bond donors (Lipinski definition) is 1. The summed E-state index contributed by atoms with van der Waals surface area (Å²) in [7, 11) is 0. The average Bonchev–Trinajstić information content (AvgIpc) is 3.20. The molecule has 0 radical (unpaired) electrons. The van der Waals surface area contributed by atoms with Gasteiger partial charge in [-0.1, -0.05) is 18.7 Å². The van der Waals surface area contributed by atoms with Gasteiger partial charge in [-0.25, -0.2) is 0 Å². The molecule has 1 heterocycles. The molecule has 6 nitrogen and oxygen atoms in total. The van der Waals surface area contributed by atoms with E-state index in [0.29, 0.717) is 18.3 Å². The Bertz CT molecular complexity index is 458. The van der Waals surface area contributed by atoms with E-state index in [9.17, 15) is 4.79 Å². The minimum atomic E-state index is 0.195. The molecule has 1 amide bonds. The number of thioether (sulfide) groups is 1. The first-order chi connectivity index (χ1) is 9.71. The molecule has 2 N–H and O–H groups in total. The van der Waals surface area contributed by atoms with E-state index in [1.807, 2.05) is 16.4 Å². The Balaban J connectivity index is 1.95. The van der Waals surface area contributed by atoms with E-state index in [1.54, 1.807) is 0 Å². The normalized spacial score (nSPS) is 14.6. The molecular weight excluding hydrogens is 274 g/mol. The van der Waals surface area contributed by atoms with Gasteiger partial charge in [0.05, 0.1) is 12.3 Å². The average molecular weight is 297 g/mol. The van der Waals surface area contributed by atoms with Gasteiger partial charge in [0, 0.05) is 19.1 Å². The minimum absolute atomic E-state index is 0.195. The molecule has 1 fully saturated rings. The molecule has 112 valence electrons. The molecule has 7 heteroatoms. The summed E-state index contributed by atoms with van der Waals surface area (Å²) in [6.45, 7) is 6.15. The quantitative estimate of drug-likeness (QED) is 0.731. The fourth-order valence-corrected chi connectivity index (χ4v) is 3.13. The molecule has 0 unspecified atom stereocenters. The van der Waals surface area contributed by atoms with Gasteiger partial charge in [-0.05, 0) is 26.2 Å². The molecule has 1 aliphatic carbocycles. The molecule has 0 saturated heterocycles. The van der Waals surface area contributed by atoms with Gasteiger partial charge >= 0.3 is 0 Å². The number of hydrogen-bond acceptors (Lipinski definition) is 5. The third kappa shape index (κ3) is 3.52. The van der Waals surface area contributed by atoms with Crippen molar-refractivity contribution in [2.24, 2.45) is 5.73 Å². The van der Waals surface area contributed by atoms with Crippen molar-refractivity contribution in [1.82, 2.24) is 19.7 Å². The highest BCUT2D eigenvalue weighted by molar-refractivity contribution is 7.99. The van der Waals surface area contributed by atoms with Crippen LogP contribution >= 0.6 is 11.8 Å². The summed E-state index contributed by atoms with van der Waals surface area (Å²) in [6, 6.07) is 0.473. The van der Waals surface area contributed by atoms with Gasteiger partial charge in [-0.3, -0.25) is 4.79 Å². The monoisotopic (exact) mass is 297 g/mol. The number of rotatable bonds is 8. The molecule has 1 saturated carbocycles. The summed E-state index contributed by atoms with van der Waals surface area (Å²) < 4.78 is 2.02. The van der Waals surface area contributed by atoms with Gasteiger partial charge in [0.25, 0.3) is 0 Å². The van der Waals surface area contributed by atoms with Crippen molar-refractivity contribution in [2.45, 2.75) is 57.4 Å².